The van der Waals surface area contributed by atoms with E-state index in [1.165, 1.54) is 57.5 Å². The van der Waals surface area contributed by atoms with Crippen LogP contribution in [0.4, 0.5) is 13.2 Å². The van der Waals surface area contributed by atoms with Crippen molar-refractivity contribution in [1.82, 2.24) is 26.3 Å². The molecule has 47 heavy (non-hydrogen) atoms. The van der Waals surface area contributed by atoms with Crippen molar-refractivity contribution in [3.05, 3.63) is 94.8 Å². The second kappa shape index (κ2) is 16.5. The number of ether oxygens (including phenoxy) is 1. The van der Waals surface area contributed by atoms with E-state index in [4.69, 9.17) is 16.3 Å². The number of hydrogen-bond acceptors (Lipinski definition) is 7. The number of carbonyl (C=O) groups excluding carboxylic acids is 5. The second-order valence-corrected chi connectivity index (χ2v) is 11.1. The van der Waals surface area contributed by atoms with Crippen molar-refractivity contribution in [1.29, 1.82) is 0 Å². The molecule has 0 spiro atoms. The zero-order valence-electron chi connectivity index (χ0n) is 25.6. The number of Topliss-reactive ketones (excluding diaryl/α,β-unsaturated/α-hetero) is 1. The number of nitrogens with zero attached hydrogens (tertiary/aromatic N) is 1. The van der Waals surface area contributed by atoms with Gasteiger partial charge in [-0.1, -0.05) is 55.8 Å². The summed E-state index contributed by atoms with van der Waals surface area (Å²) >= 11 is 6.11. The van der Waals surface area contributed by atoms with Crippen LogP contribution in [0.5, 0.6) is 5.75 Å². The molecule has 2 aromatic carbocycles. The van der Waals surface area contributed by atoms with Crippen LogP contribution in [0.2, 0.25) is 5.02 Å². The summed E-state index contributed by atoms with van der Waals surface area (Å²) in [6.07, 6.45) is -3.94. The lowest BCUT2D eigenvalue weighted by molar-refractivity contribution is -0.175. The summed E-state index contributed by atoms with van der Waals surface area (Å²) in [6, 6.07) is 11.9. The third-order valence-corrected chi connectivity index (χ3v) is 7.05. The van der Waals surface area contributed by atoms with Gasteiger partial charge in [0.1, 0.15) is 23.5 Å². The van der Waals surface area contributed by atoms with Crippen LogP contribution in [0.3, 0.4) is 0 Å². The van der Waals surface area contributed by atoms with Crippen molar-refractivity contribution in [2.45, 2.75) is 44.6 Å². The molecule has 3 atom stereocenters. The normalized spacial score (nSPS) is 13.1. The standard InChI is InChI=1S/C32H33ClF3N5O6/c1-18(2)26(28(43)32(34,35)36)40-31(46)27(20-10-12-22(47-3)13-11-20)41-30(45)24(16-19-7-6-8-21(33)15-19)39-25(42)17-38-29(44)23-9-4-5-14-37-23/h4-15,18,24,26-27H,16-17H2,1-3H3,(H,38,44)(H,39,42)(H,40,46)(H,41,45). The maximum absolute atomic E-state index is 13.7. The van der Waals surface area contributed by atoms with E-state index in [-0.39, 0.29) is 17.7 Å². The molecule has 1 aromatic heterocycles. The number of alkyl halides is 3. The number of hydrogen-bond donors (Lipinski definition) is 4. The molecule has 1 heterocycles. The number of amides is 4. The van der Waals surface area contributed by atoms with Crippen LogP contribution < -0.4 is 26.0 Å². The van der Waals surface area contributed by atoms with Gasteiger partial charge < -0.3 is 26.0 Å². The second-order valence-electron chi connectivity index (χ2n) is 10.7. The average Bonchev–Trinajstić information content (AvgIpc) is 3.04. The molecule has 4 N–H and O–H groups in total. The van der Waals surface area contributed by atoms with Gasteiger partial charge in [0.2, 0.25) is 17.7 Å². The number of nitrogens with one attached hydrogen (secondary N) is 4. The SMILES string of the molecule is COc1ccc(C(NC(=O)C(Cc2cccc(Cl)c2)NC(=O)CNC(=O)c2ccccn2)C(=O)NC(C(=O)C(F)(F)F)C(C)C)cc1. The van der Waals surface area contributed by atoms with Crippen molar-refractivity contribution in [2.24, 2.45) is 5.92 Å². The molecule has 0 saturated heterocycles. The summed E-state index contributed by atoms with van der Waals surface area (Å²) in [4.78, 5) is 68.6. The zero-order valence-corrected chi connectivity index (χ0v) is 26.3. The fourth-order valence-electron chi connectivity index (χ4n) is 4.39. The summed E-state index contributed by atoms with van der Waals surface area (Å²) < 4.78 is 45.1. The minimum Gasteiger partial charge on any atom is -0.497 e. The van der Waals surface area contributed by atoms with E-state index < -0.39 is 66.2 Å². The van der Waals surface area contributed by atoms with Gasteiger partial charge in [0.15, 0.2) is 0 Å². The monoisotopic (exact) mass is 675 g/mol. The lowest BCUT2D eigenvalue weighted by atomic mass is 9.97. The van der Waals surface area contributed by atoms with Crippen LogP contribution in [0, 0.1) is 5.92 Å². The first-order valence-electron chi connectivity index (χ1n) is 14.3. The Morgan fingerprint density at radius 2 is 1.60 bits per heavy atom. The van der Waals surface area contributed by atoms with E-state index in [2.05, 4.69) is 26.3 Å². The molecule has 3 aromatic rings. The highest BCUT2D eigenvalue weighted by atomic mass is 35.5. The topological polar surface area (TPSA) is 156 Å². The molecule has 3 unspecified atom stereocenters. The van der Waals surface area contributed by atoms with Crippen LogP contribution in [0.25, 0.3) is 0 Å². The lowest BCUT2D eigenvalue weighted by Crippen LogP contribution is -2.55. The van der Waals surface area contributed by atoms with Crippen LogP contribution >= 0.6 is 11.6 Å². The third kappa shape index (κ3) is 10.8. The molecule has 250 valence electrons. The maximum Gasteiger partial charge on any atom is 0.452 e. The van der Waals surface area contributed by atoms with E-state index in [0.717, 1.165) is 0 Å². The third-order valence-electron chi connectivity index (χ3n) is 6.81. The Labute approximate surface area is 273 Å². The first-order chi connectivity index (χ1) is 22.2. The van der Waals surface area contributed by atoms with Gasteiger partial charge in [-0.05, 0) is 53.4 Å². The summed E-state index contributed by atoms with van der Waals surface area (Å²) in [5.41, 5.74) is 0.733. The number of rotatable bonds is 14. The molecule has 3 rings (SSSR count). The molecule has 0 fully saturated rings. The summed E-state index contributed by atoms with van der Waals surface area (Å²) in [7, 11) is 1.40. The molecule has 0 aliphatic heterocycles. The van der Waals surface area contributed by atoms with Gasteiger partial charge in [0.25, 0.3) is 11.7 Å². The number of benzene rings is 2. The number of carbonyl (C=O) groups is 5. The van der Waals surface area contributed by atoms with Crippen molar-refractivity contribution in [3.63, 3.8) is 0 Å². The van der Waals surface area contributed by atoms with Gasteiger partial charge in [0.05, 0.1) is 19.7 Å². The molecular formula is C32H33ClF3N5O6. The van der Waals surface area contributed by atoms with Crippen LogP contribution in [-0.2, 0) is 25.6 Å². The predicted octanol–water partition coefficient (Wildman–Crippen LogP) is 3.33. The van der Waals surface area contributed by atoms with Gasteiger partial charge in [-0.3, -0.25) is 29.0 Å². The van der Waals surface area contributed by atoms with Crippen molar-refractivity contribution < 1.29 is 41.9 Å². The Morgan fingerprint density at radius 3 is 2.17 bits per heavy atom. The van der Waals surface area contributed by atoms with E-state index in [1.54, 1.807) is 36.4 Å². The van der Waals surface area contributed by atoms with Crippen molar-refractivity contribution in [3.8, 4) is 5.75 Å². The smallest absolute Gasteiger partial charge is 0.452 e. The van der Waals surface area contributed by atoms with Gasteiger partial charge in [-0.25, -0.2) is 0 Å². The van der Waals surface area contributed by atoms with Gasteiger partial charge in [0, 0.05) is 17.6 Å². The highest BCUT2D eigenvalue weighted by Crippen LogP contribution is 2.23. The number of aromatic nitrogens is 1. The molecular weight excluding hydrogens is 643 g/mol. The molecule has 15 heteroatoms. The highest BCUT2D eigenvalue weighted by molar-refractivity contribution is 6.30. The molecule has 0 aliphatic rings. The van der Waals surface area contributed by atoms with Crippen LogP contribution in [0.15, 0.2) is 72.9 Å². The quantitative estimate of drug-likeness (QED) is 0.204. The van der Waals surface area contributed by atoms with E-state index in [9.17, 15) is 37.1 Å². The highest BCUT2D eigenvalue weighted by Gasteiger charge is 2.45. The van der Waals surface area contributed by atoms with Gasteiger partial charge in [-0.2, -0.15) is 13.2 Å². The van der Waals surface area contributed by atoms with Gasteiger partial charge in [-0.15, -0.1) is 0 Å². The first-order valence-corrected chi connectivity index (χ1v) is 14.7. The largest absolute Gasteiger partial charge is 0.497 e. The van der Waals surface area contributed by atoms with E-state index >= 15 is 0 Å². The minimum atomic E-state index is -5.22. The maximum atomic E-state index is 13.7. The molecule has 0 aliphatic carbocycles. The summed E-state index contributed by atoms with van der Waals surface area (Å²) in [6.45, 7) is 2.13. The Morgan fingerprint density at radius 1 is 0.894 bits per heavy atom. The molecule has 0 radical (unpaired) electrons. The molecule has 11 nitrogen and oxygen atoms in total. The zero-order chi connectivity index (χ0) is 34.7. The Hall–Kier alpha value is -4.98. The first kappa shape index (κ1) is 36.5. The fourth-order valence-corrected chi connectivity index (χ4v) is 4.60. The Balaban J connectivity index is 1.89. The number of pyridine rings is 1. The van der Waals surface area contributed by atoms with Crippen LogP contribution in [0.1, 0.15) is 41.5 Å². The summed E-state index contributed by atoms with van der Waals surface area (Å²) in [5, 5.41) is 9.89. The Kier molecular flexibility index (Phi) is 12.8. The van der Waals surface area contributed by atoms with Gasteiger partial charge >= 0.3 is 6.18 Å². The molecule has 0 bridgehead atoms. The number of ketones is 1. The van der Waals surface area contributed by atoms with Crippen molar-refractivity contribution >= 4 is 41.0 Å². The predicted molar refractivity (Wildman–Crippen MR) is 165 cm³/mol. The summed E-state index contributed by atoms with van der Waals surface area (Å²) in [5.74, 6) is -6.11. The minimum absolute atomic E-state index is 0.0607. The lowest BCUT2D eigenvalue weighted by Gasteiger charge is -2.27. The molecule has 0 saturated carbocycles. The number of methoxy groups -OCH3 is 1. The van der Waals surface area contributed by atoms with E-state index in [1.807, 2.05) is 0 Å². The number of halogens is 4. The van der Waals surface area contributed by atoms with E-state index in [0.29, 0.717) is 16.3 Å². The van der Waals surface area contributed by atoms with Crippen molar-refractivity contribution in [2.75, 3.05) is 13.7 Å². The fraction of sp³-hybridized carbons (Fsp3) is 0.312. The average molecular weight is 676 g/mol. The van der Waals surface area contributed by atoms with Crippen LogP contribution in [-0.4, -0.2) is 66.3 Å². The molecule has 4 amide bonds. The Bertz CT molecular complexity index is 1570.